The van der Waals surface area contributed by atoms with Crippen LogP contribution < -0.4 is 4.74 Å². The predicted octanol–water partition coefficient (Wildman–Crippen LogP) is 5.30. The molecule has 2 heterocycles. The van der Waals surface area contributed by atoms with Crippen LogP contribution in [0.2, 0.25) is 0 Å². The first-order valence-corrected chi connectivity index (χ1v) is 11.0. The van der Waals surface area contributed by atoms with Crippen molar-refractivity contribution in [3.8, 4) is 5.88 Å². The number of rotatable bonds is 13. The molecule has 0 radical (unpaired) electrons. The quantitative estimate of drug-likeness (QED) is 0.348. The number of likely N-dealkylation sites (N-methyl/N-ethyl adjacent to an activating group) is 1. The maximum absolute atomic E-state index is 10.2. The highest BCUT2D eigenvalue weighted by molar-refractivity contribution is 6.99. The normalized spacial score (nSPS) is 15.9. The Balaban J connectivity index is 0.00000364. The van der Waals surface area contributed by atoms with Crippen LogP contribution >= 0.6 is 24.1 Å². The zero-order valence-electron chi connectivity index (χ0n) is 16.9. The Morgan fingerprint density at radius 2 is 1.78 bits per heavy atom. The molecule has 0 fully saturated rings. The van der Waals surface area contributed by atoms with Crippen LogP contribution in [0.25, 0.3) is 5.57 Å². The highest BCUT2D eigenvalue weighted by Crippen LogP contribution is 2.28. The number of hydrogen-bond donors (Lipinski definition) is 1. The van der Waals surface area contributed by atoms with E-state index in [4.69, 9.17) is 4.74 Å². The van der Waals surface area contributed by atoms with E-state index in [0.717, 1.165) is 55.3 Å². The first-order valence-electron chi connectivity index (χ1n) is 10.3. The lowest BCUT2D eigenvalue weighted by molar-refractivity contribution is -0.0274. The van der Waals surface area contributed by atoms with Crippen LogP contribution in [0.15, 0.2) is 6.08 Å². The Kier molecular flexibility index (Phi) is 12.9. The molecule has 0 saturated heterocycles. The summed E-state index contributed by atoms with van der Waals surface area (Å²) in [5, 5.41) is 10.2. The Morgan fingerprint density at radius 3 is 2.44 bits per heavy atom. The van der Waals surface area contributed by atoms with Gasteiger partial charge in [-0.05, 0) is 25.5 Å². The van der Waals surface area contributed by atoms with E-state index in [2.05, 4.69) is 33.7 Å². The molecule has 2 rings (SSSR count). The summed E-state index contributed by atoms with van der Waals surface area (Å²) in [6.45, 7) is 4.18. The molecule has 1 unspecified atom stereocenters. The molecular formula is C20H36ClN3O2S. The molecule has 1 atom stereocenters. The molecule has 0 saturated carbocycles. The van der Waals surface area contributed by atoms with E-state index in [1.54, 1.807) is 0 Å². The van der Waals surface area contributed by atoms with Gasteiger partial charge in [0.1, 0.15) is 5.69 Å². The van der Waals surface area contributed by atoms with E-state index < -0.39 is 6.29 Å². The molecule has 1 aromatic rings. The zero-order valence-corrected chi connectivity index (χ0v) is 18.5. The van der Waals surface area contributed by atoms with Crippen molar-refractivity contribution in [1.82, 2.24) is 13.6 Å². The van der Waals surface area contributed by atoms with Crippen LogP contribution in [0.5, 0.6) is 5.88 Å². The molecule has 1 N–H and O–H groups in total. The van der Waals surface area contributed by atoms with Crippen molar-refractivity contribution >= 4 is 29.7 Å². The third kappa shape index (κ3) is 9.37. The van der Waals surface area contributed by atoms with Crippen molar-refractivity contribution in [2.24, 2.45) is 0 Å². The molecule has 0 amide bonds. The molecule has 0 aromatic carbocycles. The van der Waals surface area contributed by atoms with Gasteiger partial charge in [-0.2, -0.15) is 4.37 Å². The van der Waals surface area contributed by atoms with E-state index in [1.807, 2.05) is 0 Å². The van der Waals surface area contributed by atoms with Gasteiger partial charge in [0.15, 0.2) is 6.29 Å². The fourth-order valence-corrected chi connectivity index (χ4v) is 3.86. The van der Waals surface area contributed by atoms with Gasteiger partial charge in [-0.15, -0.1) is 16.8 Å². The first kappa shape index (κ1) is 24.3. The van der Waals surface area contributed by atoms with Crippen molar-refractivity contribution in [1.29, 1.82) is 0 Å². The van der Waals surface area contributed by atoms with Gasteiger partial charge < -0.3 is 14.7 Å². The van der Waals surface area contributed by atoms with Crippen molar-refractivity contribution in [2.45, 2.75) is 83.8 Å². The third-order valence-electron chi connectivity index (χ3n) is 4.91. The summed E-state index contributed by atoms with van der Waals surface area (Å²) < 4.78 is 14.3. The molecule has 0 aliphatic carbocycles. The Hall–Kier alpha value is -0.690. The van der Waals surface area contributed by atoms with Crippen LogP contribution in [-0.2, 0) is 0 Å². The maximum atomic E-state index is 10.2. The minimum absolute atomic E-state index is 0. The average Bonchev–Trinajstić information content (AvgIpc) is 3.08. The van der Waals surface area contributed by atoms with Crippen LogP contribution in [-0.4, -0.2) is 45.2 Å². The van der Waals surface area contributed by atoms with Crippen molar-refractivity contribution in [2.75, 3.05) is 20.1 Å². The summed E-state index contributed by atoms with van der Waals surface area (Å²) in [6, 6.07) is 0. The average molecular weight is 418 g/mol. The summed E-state index contributed by atoms with van der Waals surface area (Å²) >= 11 is 1.15. The van der Waals surface area contributed by atoms with Gasteiger partial charge >= 0.3 is 0 Å². The minimum Gasteiger partial charge on any atom is -0.446 e. The summed E-state index contributed by atoms with van der Waals surface area (Å²) in [5.74, 6) is 0.486. The fraction of sp³-hybridized carbons (Fsp3) is 0.800. The summed E-state index contributed by atoms with van der Waals surface area (Å²) in [5.41, 5.74) is 1.95. The van der Waals surface area contributed by atoms with Crippen LogP contribution in [0.3, 0.4) is 0 Å². The van der Waals surface area contributed by atoms with E-state index in [9.17, 15) is 5.11 Å². The van der Waals surface area contributed by atoms with E-state index in [-0.39, 0.29) is 12.4 Å². The summed E-state index contributed by atoms with van der Waals surface area (Å²) in [4.78, 5) is 2.26. The lowest BCUT2D eigenvalue weighted by atomic mass is 10.1. The minimum atomic E-state index is -0.788. The molecular weight excluding hydrogens is 382 g/mol. The van der Waals surface area contributed by atoms with Crippen molar-refractivity contribution < 1.29 is 9.84 Å². The van der Waals surface area contributed by atoms with Crippen LogP contribution in [0, 0.1) is 0 Å². The smallest absolute Gasteiger partial charge is 0.255 e. The predicted molar refractivity (Wildman–Crippen MR) is 116 cm³/mol. The molecule has 156 valence electrons. The second-order valence-electron chi connectivity index (χ2n) is 7.36. The second kappa shape index (κ2) is 14.3. The van der Waals surface area contributed by atoms with E-state index in [0.29, 0.717) is 12.3 Å². The number of aliphatic hydroxyl groups is 1. The van der Waals surface area contributed by atoms with Crippen LogP contribution in [0.1, 0.15) is 83.2 Å². The Labute approximate surface area is 174 Å². The number of aliphatic hydroxyl groups excluding tert-OH is 1. The zero-order chi connectivity index (χ0) is 18.6. The number of nitrogens with zero attached hydrogens (tertiary/aromatic N) is 3. The summed E-state index contributed by atoms with van der Waals surface area (Å²) in [7, 11) is 2.10. The molecule has 1 aliphatic heterocycles. The van der Waals surface area contributed by atoms with Crippen molar-refractivity contribution in [3.05, 3.63) is 11.8 Å². The number of ether oxygens (including phenoxy) is 1. The van der Waals surface area contributed by atoms with Gasteiger partial charge in [0, 0.05) is 19.5 Å². The van der Waals surface area contributed by atoms with Gasteiger partial charge in [0.2, 0.25) is 0 Å². The van der Waals surface area contributed by atoms with Gasteiger partial charge in [-0.25, -0.2) is 0 Å². The number of halogens is 1. The SMILES string of the molecule is CCCCCCCCCCCC(O)Oc1nsnc1C1=CCCN(C)C1.Cl. The number of unbranched alkanes of at least 4 members (excludes halogenated alkanes) is 8. The van der Waals surface area contributed by atoms with Crippen molar-refractivity contribution in [3.63, 3.8) is 0 Å². The van der Waals surface area contributed by atoms with Gasteiger partial charge in [0.25, 0.3) is 5.88 Å². The van der Waals surface area contributed by atoms with Gasteiger partial charge in [-0.1, -0.05) is 64.4 Å². The Morgan fingerprint density at radius 1 is 1.11 bits per heavy atom. The molecule has 5 nitrogen and oxygen atoms in total. The third-order valence-corrected chi connectivity index (χ3v) is 5.42. The van der Waals surface area contributed by atoms with Crippen LogP contribution in [0.4, 0.5) is 0 Å². The highest BCUT2D eigenvalue weighted by atomic mass is 35.5. The highest BCUT2D eigenvalue weighted by Gasteiger charge is 2.20. The second-order valence-corrected chi connectivity index (χ2v) is 7.89. The number of hydrogen-bond acceptors (Lipinski definition) is 6. The number of aromatic nitrogens is 2. The fourth-order valence-electron chi connectivity index (χ4n) is 3.34. The lowest BCUT2D eigenvalue weighted by Crippen LogP contribution is -2.25. The molecule has 1 aliphatic rings. The molecule has 7 heteroatoms. The molecule has 1 aromatic heterocycles. The maximum Gasteiger partial charge on any atom is 0.255 e. The largest absolute Gasteiger partial charge is 0.446 e. The van der Waals surface area contributed by atoms with Gasteiger partial charge in [0.05, 0.1) is 11.7 Å². The van der Waals surface area contributed by atoms with Gasteiger partial charge in [-0.3, -0.25) is 0 Å². The topological polar surface area (TPSA) is 58.5 Å². The van der Waals surface area contributed by atoms with E-state index >= 15 is 0 Å². The monoisotopic (exact) mass is 417 g/mol. The molecule has 0 spiro atoms. The first-order chi connectivity index (χ1) is 12.7. The summed E-state index contributed by atoms with van der Waals surface area (Å²) in [6.07, 6.45) is 14.6. The lowest BCUT2D eigenvalue weighted by Gasteiger charge is -2.22. The standard InChI is InChI=1S/C20H35N3O2S.ClH/c1-3-4-5-6-7-8-9-10-11-14-18(24)25-20-19(21-26-22-20)17-13-12-15-23(2)16-17;/h13,18,24H,3-12,14-16H2,1-2H3;1H. The van der Waals surface area contributed by atoms with E-state index in [1.165, 1.54) is 44.9 Å². The molecule has 0 bridgehead atoms. The Bertz CT molecular complexity index is 539. The molecule has 27 heavy (non-hydrogen) atoms.